The Morgan fingerprint density at radius 1 is 1.27 bits per heavy atom. The van der Waals surface area contributed by atoms with Crippen LogP contribution in [0.3, 0.4) is 0 Å². The number of aromatic nitrogens is 4. The molecule has 1 aliphatic rings. The van der Waals surface area contributed by atoms with Gasteiger partial charge in [-0.1, -0.05) is 0 Å². The van der Waals surface area contributed by atoms with E-state index in [-0.39, 0.29) is 11.9 Å². The van der Waals surface area contributed by atoms with Crippen LogP contribution < -0.4 is 4.90 Å². The maximum atomic E-state index is 12.2. The van der Waals surface area contributed by atoms with E-state index in [1.807, 2.05) is 38.4 Å². The third kappa shape index (κ3) is 3.43. The third-order valence-electron chi connectivity index (χ3n) is 5.31. The average Bonchev–Trinajstić information content (AvgIpc) is 2.99. The third-order valence-corrected chi connectivity index (χ3v) is 5.31. The Morgan fingerprint density at radius 3 is 2.65 bits per heavy atom. The molecular formula is C19H27N5O2. The highest BCUT2D eigenvalue weighted by molar-refractivity contribution is 5.76. The molecule has 3 rings (SSSR count). The second kappa shape index (κ2) is 7.05. The molecule has 7 heteroatoms. The Hall–Kier alpha value is -2.44. The fourth-order valence-electron chi connectivity index (χ4n) is 3.66. The van der Waals surface area contributed by atoms with Crippen LogP contribution in [0.1, 0.15) is 38.1 Å². The molecule has 0 radical (unpaired) electrons. The van der Waals surface area contributed by atoms with Gasteiger partial charge in [0, 0.05) is 18.8 Å². The van der Waals surface area contributed by atoms with Gasteiger partial charge in [-0.15, -0.1) is 0 Å². The minimum Gasteiger partial charge on any atom is -0.469 e. The number of hydrogen-bond acceptors (Lipinski definition) is 6. The van der Waals surface area contributed by atoms with Gasteiger partial charge in [0.15, 0.2) is 5.82 Å². The van der Waals surface area contributed by atoms with Crippen molar-refractivity contribution < 1.29 is 9.53 Å². The second-order valence-electron chi connectivity index (χ2n) is 7.57. The van der Waals surface area contributed by atoms with E-state index >= 15 is 0 Å². The summed E-state index contributed by atoms with van der Waals surface area (Å²) in [6.45, 7) is 9.56. The zero-order valence-electron chi connectivity index (χ0n) is 16.2. The van der Waals surface area contributed by atoms with Crippen molar-refractivity contribution in [3.8, 4) is 5.82 Å². The minimum absolute atomic E-state index is 0.160. The fourth-order valence-corrected chi connectivity index (χ4v) is 3.66. The van der Waals surface area contributed by atoms with E-state index in [2.05, 4.69) is 15.0 Å². The Bertz CT molecular complexity index is 799. The second-order valence-corrected chi connectivity index (χ2v) is 7.57. The van der Waals surface area contributed by atoms with Crippen LogP contribution >= 0.6 is 0 Å². The SMILES string of the molecule is COC(=O)C(C)(C)C1CCCN(c2cncc(-n3nc(C)cc3C)n2)C1. The van der Waals surface area contributed by atoms with Gasteiger partial charge in [-0.2, -0.15) is 5.10 Å². The lowest BCUT2D eigenvalue weighted by Crippen LogP contribution is -2.45. The Labute approximate surface area is 154 Å². The first-order valence-electron chi connectivity index (χ1n) is 9.02. The van der Waals surface area contributed by atoms with Crippen LogP contribution in [0.2, 0.25) is 0 Å². The highest BCUT2D eigenvalue weighted by atomic mass is 16.5. The van der Waals surface area contributed by atoms with E-state index in [9.17, 15) is 4.79 Å². The molecule has 3 heterocycles. The molecule has 1 atom stereocenters. The molecule has 0 amide bonds. The molecule has 0 N–H and O–H groups in total. The van der Waals surface area contributed by atoms with Crippen LogP contribution in [-0.4, -0.2) is 45.9 Å². The Kier molecular flexibility index (Phi) is 4.98. The zero-order valence-corrected chi connectivity index (χ0v) is 16.2. The zero-order chi connectivity index (χ0) is 18.9. The molecule has 1 aliphatic heterocycles. The summed E-state index contributed by atoms with van der Waals surface area (Å²) >= 11 is 0. The highest BCUT2D eigenvalue weighted by Gasteiger charge is 2.40. The van der Waals surface area contributed by atoms with Crippen LogP contribution in [0, 0.1) is 25.2 Å². The van der Waals surface area contributed by atoms with E-state index in [0.29, 0.717) is 5.82 Å². The molecule has 2 aromatic heterocycles. The largest absolute Gasteiger partial charge is 0.469 e. The van der Waals surface area contributed by atoms with Crippen molar-refractivity contribution in [1.82, 2.24) is 19.7 Å². The summed E-state index contributed by atoms with van der Waals surface area (Å²) in [6, 6.07) is 2.02. The predicted octanol–water partition coefficient (Wildman–Crippen LogP) is 2.69. The van der Waals surface area contributed by atoms with Gasteiger partial charge in [0.05, 0.1) is 30.6 Å². The van der Waals surface area contributed by atoms with E-state index in [4.69, 9.17) is 9.72 Å². The van der Waals surface area contributed by atoms with Gasteiger partial charge < -0.3 is 9.64 Å². The van der Waals surface area contributed by atoms with Crippen LogP contribution in [0.5, 0.6) is 0 Å². The summed E-state index contributed by atoms with van der Waals surface area (Å²) < 4.78 is 6.82. The summed E-state index contributed by atoms with van der Waals surface area (Å²) in [6.07, 6.45) is 5.52. The van der Waals surface area contributed by atoms with Gasteiger partial charge in [-0.05, 0) is 52.5 Å². The normalized spacial score (nSPS) is 18.0. The standard InChI is InChI=1S/C19H27N5O2/c1-13-9-14(2)24(22-13)17-11-20-10-16(21-17)23-8-6-7-15(12-23)19(3,4)18(25)26-5/h9-11,15H,6-8,12H2,1-5H3. The van der Waals surface area contributed by atoms with Crippen molar-refractivity contribution in [3.05, 3.63) is 29.8 Å². The van der Waals surface area contributed by atoms with E-state index in [1.54, 1.807) is 12.4 Å². The smallest absolute Gasteiger partial charge is 0.311 e. The van der Waals surface area contributed by atoms with Crippen LogP contribution in [0.15, 0.2) is 18.5 Å². The molecule has 0 spiro atoms. The quantitative estimate of drug-likeness (QED) is 0.784. The summed E-state index contributed by atoms with van der Waals surface area (Å²) in [5, 5.41) is 4.49. The van der Waals surface area contributed by atoms with Gasteiger partial charge >= 0.3 is 5.97 Å². The predicted molar refractivity (Wildman–Crippen MR) is 99.4 cm³/mol. The van der Waals surface area contributed by atoms with E-state index in [0.717, 1.165) is 43.1 Å². The fraction of sp³-hybridized carbons (Fsp3) is 0.579. The van der Waals surface area contributed by atoms with E-state index in [1.165, 1.54) is 7.11 Å². The van der Waals surface area contributed by atoms with Crippen molar-refractivity contribution >= 4 is 11.8 Å². The van der Waals surface area contributed by atoms with Gasteiger partial charge in [0.1, 0.15) is 5.82 Å². The number of aryl methyl sites for hydroxylation is 2. The monoisotopic (exact) mass is 357 g/mol. The number of hydrogen-bond donors (Lipinski definition) is 0. The number of methoxy groups -OCH3 is 1. The highest BCUT2D eigenvalue weighted by Crippen LogP contribution is 2.36. The maximum Gasteiger partial charge on any atom is 0.311 e. The molecule has 1 saturated heterocycles. The summed E-state index contributed by atoms with van der Waals surface area (Å²) in [5.74, 6) is 1.58. The average molecular weight is 357 g/mol. The number of rotatable bonds is 4. The Balaban J connectivity index is 1.84. The molecule has 0 bridgehead atoms. The molecule has 2 aromatic rings. The van der Waals surface area contributed by atoms with Crippen molar-refractivity contribution in [3.63, 3.8) is 0 Å². The minimum atomic E-state index is -0.520. The number of ether oxygens (including phenoxy) is 1. The van der Waals surface area contributed by atoms with Gasteiger partial charge in [0.2, 0.25) is 0 Å². The topological polar surface area (TPSA) is 73.1 Å². The number of esters is 1. The lowest BCUT2D eigenvalue weighted by Gasteiger charge is -2.40. The van der Waals surface area contributed by atoms with Crippen LogP contribution in [0.25, 0.3) is 5.82 Å². The molecule has 0 aliphatic carbocycles. The lowest BCUT2D eigenvalue weighted by atomic mass is 9.74. The van der Waals surface area contributed by atoms with Crippen LogP contribution in [-0.2, 0) is 9.53 Å². The van der Waals surface area contributed by atoms with Crippen molar-refractivity contribution in [2.24, 2.45) is 11.3 Å². The summed E-state index contributed by atoms with van der Waals surface area (Å²) in [4.78, 5) is 23.5. The first-order valence-corrected chi connectivity index (χ1v) is 9.02. The van der Waals surface area contributed by atoms with Crippen molar-refractivity contribution in [2.75, 3.05) is 25.1 Å². The lowest BCUT2D eigenvalue weighted by molar-refractivity contribution is -0.154. The number of carbonyl (C=O) groups excluding carboxylic acids is 1. The molecular weight excluding hydrogens is 330 g/mol. The molecule has 140 valence electrons. The molecule has 0 saturated carbocycles. The van der Waals surface area contributed by atoms with Crippen molar-refractivity contribution in [2.45, 2.75) is 40.5 Å². The Morgan fingerprint density at radius 2 is 2.00 bits per heavy atom. The first-order chi connectivity index (χ1) is 12.3. The van der Waals surface area contributed by atoms with Gasteiger partial charge in [-0.25, -0.2) is 9.67 Å². The number of piperidine rings is 1. The van der Waals surface area contributed by atoms with Crippen molar-refractivity contribution in [1.29, 1.82) is 0 Å². The van der Waals surface area contributed by atoms with Gasteiger partial charge in [0.25, 0.3) is 0 Å². The van der Waals surface area contributed by atoms with Crippen LogP contribution in [0.4, 0.5) is 5.82 Å². The number of carbonyl (C=O) groups is 1. The molecule has 26 heavy (non-hydrogen) atoms. The van der Waals surface area contributed by atoms with Gasteiger partial charge in [-0.3, -0.25) is 9.78 Å². The summed E-state index contributed by atoms with van der Waals surface area (Å²) in [7, 11) is 1.45. The number of anilines is 1. The molecule has 0 aromatic carbocycles. The molecule has 1 unspecified atom stereocenters. The maximum absolute atomic E-state index is 12.2. The number of nitrogens with zero attached hydrogens (tertiary/aromatic N) is 5. The summed E-state index contributed by atoms with van der Waals surface area (Å²) in [5.41, 5.74) is 1.46. The van der Waals surface area contributed by atoms with E-state index < -0.39 is 5.41 Å². The molecule has 1 fully saturated rings. The first kappa shape index (κ1) is 18.4. The molecule has 7 nitrogen and oxygen atoms in total.